The van der Waals surface area contributed by atoms with Gasteiger partial charge in [0, 0.05) is 24.2 Å². The Labute approximate surface area is 177 Å². The van der Waals surface area contributed by atoms with Crippen LogP contribution in [-0.2, 0) is 19.3 Å². The minimum Gasteiger partial charge on any atom is -0.265 e. The first-order chi connectivity index (χ1) is 14.2. The summed E-state index contributed by atoms with van der Waals surface area (Å²) < 4.78 is 4.54. The fraction of sp³-hybridized carbons (Fsp3) is 0.231. The van der Waals surface area contributed by atoms with Crippen molar-refractivity contribution in [2.75, 3.05) is 0 Å². The van der Waals surface area contributed by atoms with E-state index in [0.717, 1.165) is 19.3 Å². The van der Waals surface area contributed by atoms with Gasteiger partial charge in [0.05, 0.1) is 4.88 Å². The molecule has 0 aliphatic rings. The highest BCUT2D eigenvalue weighted by Crippen LogP contribution is 2.38. The summed E-state index contributed by atoms with van der Waals surface area (Å²) in [5.41, 5.74) is 10.6. The Balaban J connectivity index is 1.74. The van der Waals surface area contributed by atoms with Crippen LogP contribution in [0.2, 0.25) is 0 Å². The van der Waals surface area contributed by atoms with Crippen molar-refractivity contribution < 1.29 is 0 Å². The number of rotatable bonds is 6. The minimum absolute atomic E-state index is 1.07. The van der Waals surface area contributed by atoms with E-state index in [-0.39, 0.29) is 0 Å². The lowest BCUT2D eigenvalue weighted by molar-refractivity contribution is 0.983. The van der Waals surface area contributed by atoms with Gasteiger partial charge in [0.15, 0.2) is 0 Å². The van der Waals surface area contributed by atoms with Crippen molar-refractivity contribution in [3.8, 4) is 32.7 Å². The number of hydrogen-bond donors (Lipinski definition) is 0. The standard InChI is InChI=1S/C26H26N2S/c1-4-18-15-23(16-19(5-2)24(18)6-3)26-25(17-28-29-26)22-9-7-20(8-10-22)21-11-13-27-14-12-21/h7-17H,4-6H2,1-3H3. The first kappa shape index (κ1) is 19.5. The molecule has 0 fully saturated rings. The number of nitrogens with zero attached hydrogens (tertiary/aromatic N) is 2. The van der Waals surface area contributed by atoms with E-state index in [9.17, 15) is 0 Å². The average Bonchev–Trinajstić information content (AvgIpc) is 3.28. The molecule has 2 nitrogen and oxygen atoms in total. The molecule has 29 heavy (non-hydrogen) atoms. The van der Waals surface area contributed by atoms with Gasteiger partial charge >= 0.3 is 0 Å². The number of aromatic nitrogens is 2. The molecule has 0 unspecified atom stereocenters. The second-order valence-corrected chi connectivity index (χ2v) is 8.02. The molecule has 0 N–H and O–H groups in total. The van der Waals surface area contributed by atoms with E-state index in [1.54, 1.807) is 11.5 Å². The van der Waals surface area contributed by atoms with E-state index in [1.807, 2.05) is 30.7 Å². The maximum Gasteiger partial charge on any atom is 0.0628 e. The number of pyridine rings is 1. The van der Waals surface area contributed by atoms with Crippen LogP contribution in [0.1, 0.15) is 37.5 Å². The van der Waals surface area contributed by atoms with E-state index in [4.69, 9.17) is 0 Å². The number of benzene rings is 2. The summed E-state index contributed by atoms with van der Waals surface area (Å²) in [5, 5.41) is 0. The van der Waals surface area contributed by atoms with Crippen molar-refractivity contribution >= 4 is 11.5 Å². The normalized spacial score (nSPS) is 11.0. The van der Waals surface area contributed by atoms with Crippen LogP contribution in [0.5, 0.6) is 0 Å². The van der Waals surface area contributed by atoms with Gasteiger partial charge in [0.1, 0.15) is 0 Å². The monoisotopic (exact) mass is 398 g/mol. The van der Waals surface area contributed by atoms with Crippen LogP contribution >= 0.6 is 11.5 Å². The Morgan fingerprint density at radius 2 is 1.28 bits per heavy atom. The smallest absolute Gasteiger partial charge is 0.0628 e. The molecule has 0 radical (unpaired) electrons. The van der Waals surface area contributed by atoms with Gasteiger partial charge in [-0.05, 0) is 94.0 Å². The maximum atomic E-state index is 4.54. The van der Waals surface area contributed by atoms with Gasteiger partial charge in [-0.3, -0.25) is 4.98 Å². The quantitative estimate of drug-likeness (QED) is 0.342. The van der Waals surface area contributed by atoms with Crippen LogP contribution in [0.25, 0.3) is 32.7 Å². The molecule has 0 saturated carbocycles. The highest BCUT2D eigenvalue weighted by Gasteiger charge is 2.14. The molecule has 0 bridgehead atoms. The highest BCUT2D eigenvalue weighted by molar-refractivity contribution is 7.10. The molecule has 0 aliphatic heterocycles. The van der Waals surface area contributed by atoms with Gasteiger partial charge in [-0.1, -0.05) is 45.0 Å². The molecule has 0 spiro atoms. The zero-order valence-electron chi connectivity index (χ0n) is 17.3. The molecule has 4 rings (SSSR count). The zero-order chi connectivity index (χ0) is 20.2. The first-order valence-corrected chi connectivity index (χ1v) is 11.1. The topological polar surface area (TPSA) is 25.8 Å². The Kier molecular flexibility index (Phi) is 5.86. The summed E-state index contributed by atoms with van der Waals surface area (Å²) in [6.07, 6.45) is 8.91. The van der Waals surface area contributed by atoms with Crippen molar-refractivity contribution in [1.82, 2.24) is 9.36 Å². The van der Waals surface area contributed by atoms with Crippen LogP contribution in [0, 0.1) is 0 Å². The molecule has 2 aromatic heterocycles. The molecule has 0 atom stereocenters. The van der Waals surface area contributed by atoms with Crippen LogP contribution in [0.3, 0.4) is 0 Å². The predicted molar refractivity (Wildman–Crippen MR) is 124 cm³/mol. The molecule has 0 saturated heterocycles. The molecular formula is C26H26N2S. The van der Waals surface area contributed by atoms with Crippen molar-refractivity contribution in [1.29, 1.82) is 0 Å². The number of hydrogen-bond acceptors (Lipinski definition) is 3. The summed E-state index contributed by atoms with van der Waals surface area (Å²) in [6.45, 7) is 6.77. The van der Waals surface area contributed by atoms with Gasteiger partial charge in [-0.25, -0.2) is 0 Å². The van der Waals surface area contributed by atoms with E-state index >= 15 is 0 Å². The molecule has 146 valence electrons. The van der Waals surface area contributed by atoms with Gasteiger partial charge in [0.2, 0.25) is 0 Å². The van der Waals surface area contributed by atoms with E-state index in [0.29, 0.717) is 0 Å². The Morgan fingerprint density at radius 3 is 1.86 bits per heavy atom. The second kappa shape index (κ2) is 8.71. The van der Waals surface area contributed by atoms with Crippen molar-refractivity contribution in [3.63, 3.8) is 0 Å². The van der Waals surface area contributed by atoms with Crippen LogP contribution in [-0.4, -0.2) is 9.36 Å². The molecule has 4 aromatic rings. The molecule has 2 aromatic carbocycles. The Hall–Kier alpha value is -2.78. The third-order valence-electron chi connectivity index (χ3n) is 5.59. The van der Waals surface area contributed by atoms with E-state index < -0.39 is 0 Å². The van der Waals surface area contributed by atoms with Gasteiger partial charge in [0.25, 0.3) is 0 Å². The third-order valence-corrected chi connectivity index (χ3v) is 6.44. The lowest BCUT2D eigenvalue weighted by Gasteiger charge is -2.15. The predicted octanol–water partition coefficient (Wildman–Crippen LogP) is 7.23. The molecule has 2 heterocycles. The highest BCUT2D eigenvalue weighted by atomic mass is 32.1. The van der Waals surface area contributed by atoms with E-state index in [2.05, 4.69) is 66.5 Å². The molecular weight excluding hydrogens is 372 g/mol. The summed E-state index contributed by atoms with van der Waals surface area (Å²) in [4.78, 5) is 5.37. The van der Waals surface area contributed by atoms with Gasteiger partial charge in [-0.15, -0.1) is 0 Å². The molecule has 0 aliphatic carbocycles. The Bertz CT molecular complexity index is 1070. The summed E-state index contributed by atoms with van der Waals surface area (Å²) in [6, 6.07) is 17.6. The third kappa shape index (κ3) is 3.88. The van der Waals surface area contributed by atoms with Crippen LogP contribution in [0.4, 0.5) is 0 Å². The first-order valence-electron chi connectivity index (χ1n) is 10.4. The fourth-order valence-corrected chi connectivity index (χ4v) is 4.81. The van der Waals surface area contributed by atoms with Crippen molar-refractivity contribution in [2.45, 2.75) is 40.0 Å². The fourth-order valence-electron chi connectivity index (χ4n) is 4.05. The van der Waals surface area contributed by atoms with Gasteiger partial charge < -0.3 is 0 Å². The second-order valence-electron chi connectivity index (χ2n) is 7.22. The molecule has 0 amide bonds. The van der Waals surface area contributed by atoms with Crippen molar-refractivity contribution in [3.05, 3.63) is 83.8 Å². The summed E-state index contributed by atoms with van der Waals surface area (Å²) in [7, 11) is 0. The summed E-state index contributed by atoms with van der Waals surface area (Å²) >= 11 is 1.59. The van der Waals surface area contributed by atoms with E-state index in [1.165, 1.54) is 49.4 Å². The SMILES string of the molecule is CCc1cc(-c2sncc2-c2ccc(-c3ccncc3)cc2)cc(CC)c1CC. The van der Waals surface area contributed by atoms with Crippen LogP contribution in [0.15, 0.2) is 67.1 Å². The Morgan fingerprint density at radius 1 is 0.690 bits per heavy atom. The maximum absolute atomic E-state index is 4.54. The largest absolute Gasteiger partial charge is 0.265 e. The van der Waals surface area contributed by atoms with Gasteiger partial charge in [-0.2, -0.15) is 4.37 Å². The zero-order valence-corrected chi connectivity index (χ0v) is 18.1. The summed E-state index contributed by atoms with van der Waals surface area (Å²) in [5.74, 6) is 0. The lowest BCUT2D eigenvalue weighted by Crippen LogP contribution is -1.98. The van der Waals surface area contributed by atoms with Crippen LogP contribution < -0.4 is 0 Å². The minimum atomic E-state index is 1.07. The molecule has 3 heteroatoms. The average molecular weight is 399 g/mol. The number of aryl methyl sites for hydroxylation is 2. The van der Waals surface area contributed by atoms with Crippen molar-refractivity contribution in [2.24, 2.45) is 0 Å². The lowest BCUT2D eigenvalue weighted by atomic mass is 9.91.